The number of benzene rings is 2. The predicted molar refractivity (Wildman–Crippen MR) is 150 cm³/mol. The Labute approximate surface area is 227 Å². The number of carbonyl (C=O) groups is 2. The summed E-state index contributed by atoms with van der Waals surface area (Å²) in [4.78, 5) is 30.1. The number of carbonyl (C=O) groups excluding carboxylic acids is 1. The number of likely N-dealkylation sites (tertiary alicyclic amines) is 1. The second-order valence-corrected chi connectivity index (χ2v) is 10.8. The number of hydrogen-bond acceptors (Lipinski definition) is 6. The molecule has 0 saturated carbocycles. The topological polar surface area (TPSA) is 82.5 Å². The van der Waals surface area contributed by atoms with Crippen LogP contribution >= 0.6 is 0 Å². The van der Waals surface area contributed by atoms with Gasteiger partial charge in [-0.1, -0.05) is 13.8 Å². The van der Waals surface area contributed by atoms with Crippen molar-refractivity contribution in [3.05, 3.63) is 54.1 Å². The Bertz CT molecular complexity index is 1020. The molecule has 208 valence electrons. The van der Waals surface area contributed by atoms with E-state index < -0.39 is 12.6 Å². The van der Waals surface area contributed by atoms with E-state index in [1.54, 1.807) is 29.2 Å². The van der Waals surface area contributed by atoms with Gasteiger partial charge in [0.05, 0.1) is 6.61 Å². The molecule has 0 unspecified atom stereocenters. The van der Waals surface area contributed by atoms with Crippen LogP contribution in [-0.2, 0) is 4.79 Å². The van der Waals surface area contributed by atoms with Gasteiger partial charge in [0, 0.05) is 51.0 Å². The first kappa shape index (κ1) is 29.3. The zero-order valence-corrected chi connectivity index (χ0v) is 23.3. The minimum Gasteiger partial charge on any atom is -0.494 e. The van der Waals surface area contributed by atoms with E-state index in [1.165, 1.54) is 25.9 Å². The molecule has 0 bridgehead atoms. The molecule has 0 spiro atoms. The van der Waals surface area contributed by atoms with Gasteiger partial charge in [0.25, 0.3) is 5.91 Å². The van der Waals surface area contributed by atoms with Crippen LogP contribution in [0, 0.1) is 5.41 Å². The van der Waals surface area contributed by atoms with Crippen molar-refractivity contribution in [3.8, 4) is 11.5 Å². The maximum atomic E-state index is 13.0. The van der Waals surface area contributed by atoms with Crippen LogP contribution in [0.2, 0.25) is 0 Å². The van der Waals surface area contributed by atoms with Crippen molar-refractivity contribution in [3.63, 3.8) is 0 Å². The molecule has 1 heterocycles. The standard InChI is InChI=1S/C30H43N3O5/c1-5-33(29(36)24-8-12-27(13-9-24)38-22-28(34)35)20-19-31(4)25-10-14-26(15-11-25)37-21-7-18-32-17-6-16-30(2,3)23-32/h8-15H,5-7,16-23H2,1-4H3,(H,34,35). The van der Waals surface area contributed by atoms with E-state index in [2.05, 4.69) is 35.8 Å². The fourth-order valence-corrected chi connectivity index (χ4v) is 4.83. The van der Waals surface area contributed by atoms with Crippen molar-refractivity contribution in [2.24, 2.45) is 5.41 Å². The number of hydrogen-bond donors (Lipinski definition) is 1. The van der Waals surface area contributed by atoms with Gasteiger partial charge in [-0.2, -0.15) is 0 Å². The molecule has 8 nitrogen and oxygen atoms in total. The zero-order chi connectivity index (χ0) is 27.5. The molecule has 1 fully saturated rings. The summed E-state index contributed by atoms with van der Waals surface area (Å²) in [5, 5.41) is 8.72. The second-order valence-electron chi connectivity index (χ2n) is 10.8. The Morgan fingerprint density at radius 2 is 1.66 bits per heavy atom. The summed E-state index contributed by atoms with van der Waals surface area (Å²) >= 11 is 0. The molecule has 38 heavy (non-hydrogen) atoms. The first-order chi connectivity index (χ1) is 18.2. The fraction of sp³-hybridized carbons (Fsp3) is 0.533. The molecule has 3 rings (SSSR count). The normalized spacial score (nSPS) is 15.1. The van der Waals surface area contributed by atoms with Crippen molar-refractivity contribution in [2.45, 2.75) is 40.0 Å². The zero-order valence-electron chi connectivity index (χ0n) is 23.3. The summed E-state index contributed by atoms with van der Waals surface area (Å²) in [5.74, 6) is 0.191. The average Bonchev–Trinajstić information content (AvgIpc) is 2.90. The Hall–Kier alpha value is -3.26. The molecule has 0 atom stereocenters. The number of aliphatic carboxylic acids is 1. The highest BCUT2D eigenvalue weighted by Gasteiger charge is 2.25. The molecule has 1 N–H and O–H groups in total. The second kappa shape index (κ2) is 14.0. The molecule has 2 aromatic carbocycles. The number of ether oxygens (including phenoxy) is 2. The third-order valence-corrected chi connectivity index (χ3v) is 6.98. The van der Waals surface area contributed by atoms with E-state index in [-0.39, 0.29) is 5.91 Å². The molecule has 1 aliphatic heterocycles. The summed E-state index contributed by atoms with van der Waals surface area (Å²) < 4.78 is 11.1. The Morgan fingerprint density at radius 1 is 1.00 bits per heavy atom. The van der Waals surface area contributed by atoms with Crippen LogP contribution in [-0.4, -0.2) is 86.3 Å². The summed E-state index contributed by atoms with van der Waals surface area (Å²) in [6, 6.07) is 14.7. The lowest BCUT2D eigenvalue weighted by molar-refractivity contribution is -0.139. The highest BCUT2D eigenvalue weighted by atomic mass is 16.5. The van der Waals surface area contributed by atoms with Crippen LogP contribution in [0.15, 0.2) is 48.5 Å². The minimum absolute atomic E-state index is 0.0671. The van der Waals surface area contributed by atoms with Gasteiger partial charge in [-0.3, -0.25) is 4.79 Å². The van der Waals surface area contributed by atoms with E-state index in [0.29, 0.717) is 43.0 Å². The van der Waals surface area contributed by atoms with Crippen LogP contribution in [0.25, 0.3) is 0 Å². The number of rotatable bonds is 14. The largest absolute Gasteiger partial charge is 0.494 e. The first-order valence-electron chi connectivity index (χ1n) is 13.6. The molecule has 0 aliphatic carbocycles. The van der Waals surface area contributed by atoms with Gasteiger partial charge in [0.15, 0.2) is 6.61 Å². The lowest BCUT2D eigenvalue weighted by Crippen LogP contribution is -2.40. The fourth-order valence-electron chi connectivity index (χ4n) is 4.83. The van der Waals surface area contributed by atoms with E-state index in [9.17, 15) is 9.59 Å². The molecule has 1 aliphatic rings. The number of carboxylic acids is 1. The molecule has 2 aromatic rings. The van der Waals surface area contributed by atoms with Crippen molar-refractivity contribution in [1.82, 2.24) is 9.80 Å². The maximum Gasteiger partial charge on any atom is 0.341 e. The van der Waals surface area contributed by atoms with Crippen molar-refractivity contribution in [1.29, 1.82) is 0 Å². The molecule has 1 saturated heterocycles. The molecular formula is C30H43N3O5. The minimum atomic E-state index is -1.04. The molecular weight excluding hydrogens is 482 g/mol. The van der Waals surface area contributed by atoms with Crippen LogP contribution in [0.5, 0.6) is 11.5 Å². The number of likely N-dealkylation sites (N-methyl/N-ethyl adjacent to an activating group) is 2. The van der Waals surface area contributed by atoms with Gasteiger partial charge in [-0.05, 0) is 86.7 Å². The van der Waals surface area contributed by atoms with E-state index in [1.807, 2.05) is 26.1 Å². The van der Waals surface area contributed by atoms with Crippen molar-refractivity contribution in [2.75, 3.05) is 64.4 Å². The van der Waals surface area contributed by atoms with Crippen molar-refractivity contribution >= 4 is 17.6 Å². The predicted octanol–water partition coefficient (Wildman–Crippen LogP) is 4.64. The number of carboxylic acid groups (broad SMARTS) is 1. The lowest BCUT2D eigenvalue weighted by atomic mass is 9.84. The van der Waals surface area contributed by atoms with Gasteiger partial charge >= 0.3 is 5.97 Å². The summed E-state index contributed by atoms with van der Waals surface area (Å²) in [6.07, 6.45) is 3.62. The Kier molecular flexibility index (Phi) is 10.8. The smallest absolute Gasteiger partial charge is 0.341 e. The molecule has 0 aromatic heterocycles. The quantitative estimate of drug-likeness (QED) is 0.360. The lowest BCUT2D eigenvalue weighted by Gasteiger charge is -2.38. The molecule has 8 heteroatoms. The Balaban J connectivity index is 1.41. The highest BCUT2D eigenvalue weighted by Crippen LogP contribution is 2.28. The number of nitrogens with zero attached hydrogens (tertiary/aromatic N) is 3. The number of amides is 1. The summed E-state index contributed by atoms with van der Waals surface area (Å²) in [7, 11) is 2.02. The summed E-state index contributed by atoms with van der Waals surface area (Å²) in [5.41, 5.74) is 2.03. The SMILES string of the molecule is CCN(CCN(C)c1ccc(OCCCN2CCCC(C)(C)C2)cc1)C(=O)c1ccc(OCC(=O)O)cc1. The van der Waals surface area contributed by atoms with Gasteiger partial charge in [0.2, 0.25) is 0 Å². The molecule has 1 amide bonds. The van der Waals surface area contributed by atoms with Crippen LogP contribution in [0.1, 0.15) is 50.4 Å². The van der Waals surface area contributed by atoms with Gasteiger partial charge < -0.3 is 29.3 Å². The van der Waals surface area contributed by atoms with Crippen LogP contribution < -0.4 is 14.4 Å². The van der Waals surface area contributed by atoms with E-state index in [0.717, 1.165) is 24.4 Å². The maximum absolute atomic E-state index is 13.0. The van der Waals surface area contributed by atoms with Crippen LogP contribution in [0.3, 0.4) is 0 Å². The number of piperidine rings is 1. The van der Waals surface area contributed by atoms with Crippen LogP contribution in [0.4, 0.5) is 5.69 Å². The molecule has 0 radical (unpaired) electrons. The van der Waals surface area contributed by atoms with Gasteiger partial charge in [-0.25, -0.2) is 4.79 Å². The van der Waals surface area contributed by atoms with Crippen molar-refractivity contribution < 1.29 is 24.2 Å². The summed E-state index contributed by atoms with van der Waals surface area (Å²) in [6.45, 7) is 12.3. The van der Waals surface area contributed by atoms with Gasteiger partial charge in [-0.15, -0.1) is 0 Å². The highest BCUT2D eigenvalue weighted by molar-refractivity contribution is 5.94. The Morgan fingerprint density at radius 3 is 2.29 bits per heavy atom. The monoisotopic (exact) mass is 525 g/mol. The third kappa shape index (κ3) is 9.24. The van der Waals surface area contributed by atoms with Gasteiger partial charge in [0.1, 0.15) is 11.5 Å². The third-order valence-electron chi connectivity index (χ3n) is 6.98. The number of anilines is 1. The van der Waals surface area contributed by atoms with E-state index >= 15 is 0 Å². The average molecular weight is 526 g/mol. The van der Waals surface area contributed by atoms with E-state index in [4.69, 9.17) is 14.6 Å². The first-order valence-corrected chi connectivity index (χ1v) is 13.6.